The molecule has 1 aromatic heterocycles. The van der Waals surface area contributed by atoms with Gasteiger partial charge in [-0.05, 0) is 19.8 Å². The lowest BCUT2D eigenvalue weighted by Gasteiger charge is -2.09. The van der Waals surface area contributed by atoms with E-state index in [1.165, 1.54) is 11.3 Å². The summed E-state index contributed by atoms with van der Waals surface area (Å²) in [5.74, 6) is 0.160. The summed E-state index contributed by atoms with van der Waals surface area (Å²) in [5, 5.41) is 6.71. The highest BCUT2D eigenvalue weighted by Crippen LogP contribution is 2.24. The van der Waals surface area contributed by atoms with Crippen molar-refractivity contribution in [3.05, 3.63) is 4.88 Å². The normalized spacial score (nSPS) is 12.2. The average Bonchev–Trinajstić information content (AvgIpc) is 2.67. The van der Waals surface area contributed by atoms with E-state index in [0.717, 1.165) is 19.4 Å². The number of carbonyl (C=O) groups is 1. The van der Waals surface area contributed by atoms with Crippen molar-refractivity contribution in [3.63, 3.8) is 0 Å². The maximum atomic E-state index is 11.9. The second-order valence-electron chi connectivity index (χ2n) is 3.94. The van der Waals surface area contributed by atoms with Gasteiger partial charge in [-0.3, -0.25) is 4.79 Å². The topological polar surface area (TPSA) is 80.0 Å². The molecule has 5 nitrogen and oxygen atoms in total. The van der Waals surface area contributed by atoms with Crippen LogP contribution >= 0.6 is 11.3 Å². The fraction of sp³-hybridized carbons (Fsp3) is 0.636. The highest BCUT2D eigenvalue weighted by atomic mass is 32.1. The van der Waals surface area contributed by atoms with Gasteiger partial charge in [0.05, 0.1) is 0 Å². The molecule has 0 radical (unpaired) electrons. The Morgan fingerprint density at radius 3 is 2.82 bits per heavy atom. The van der Waals surface area contributed by atoms with Crippen molar-refractivity contribution >= 4 is 28.2 Å². The largest absolute Gasteiger partial charge is 0.382 e. The third kappa shape index (κ3) is 3.89. The predicted octanol–water partition coefficient (Wildman–Crippen LogP) is 2.08. The molecular formula is C11H20N4OS. The molecule has 1 atom stereocenters. The van der Waals surface area contributed by atoms with Gasteiger partial charge >= 0.3 is 0 Å². The third-order valence-electron chi connectivity index (χ3n) is 2.38. The van der Waals surface area contributed by atoms with Crippen LogP contribution in [0.3, 0.4) is 0 Å². The average molecular weight is 256 g/mol. The van der Waals surface area contributed by atoms with E-state index in [4.69, 9.17) is 5.73 Å². The summed E-state index contributed by atoms with van der Waals surface area (Å²) < 4.78 is 0. The molecule has 0 aromatic carbocycles. The highest BCUT2D eigenvalue weighted by molar-refractivity contribution is 7.18. The smallest absolute Gasteiger partial charge is 0.265 e. The fourth-order valence-electron chi connectivity index (χ4n) is 1.19. The molecule has 0 saturated carbocycles. The fourth-order valence-corrected chi connectivity index (χ4v) is 2.01. The molecule has 6 heteroatoms. The number of hydrogen-bond acceptors (Lipinski definition) is 5. The van der Waals surface area contributed by atoms with Crippen LogP contribution in [0.2, 0.25) is 0 Å². The van der Waals surface area contributed by atoms with Crippen LogP contribution in [0.15, 0.2) is 0 Å². The van der Waals surface area contributed by atoms with Gasteiger partial charge in [0.25, 0.3) is 5.91 Å². The minimum Gasteiger partial charge on any atom is -0.382 e. The summed E-state index contributed by atoms with van der Waals surface area (Å²) in [6, 6.07) is 0.149. The zero-order valence-electron chi connectivity index (χ0n) is 10.5. The quantitative estimate of drug-likeness (QED) is 0.728. The van der Waals surface area contributed by atoms with Crippen LogP contribution in [-0.4, -0.2) is 23.5 Å². The molecule has 1 aromatic rings. The van der Waals surface area contributed by atoms with Gasteiger partial charge in [-0.25, -0.2) is 4.98 Å². The van der Waals surface area contributed by atoms with Crippen LogP contribution in [0.5, 0.6) is 0 Å². The minimum absolute atomic E-state index is 0.140. The molecule has 0 fully saturated rings. The Bertz CT molecular complexity index is 378. The van der Waals surface area contributed by atoms with Gasteiger partial charge in [-0.2, -0.15) is 0 Å². The Labute approximate surface area is 106 Å². The first-order valence-corrected chi connectivity index (χ1v) is 6.71. The first-order valence-electron chi connectivity index (χ1n) is 5.89. The zero-order valence-corrected chi connectivity index (χ0v) is 11.4. The Morgan fingerprint density at radius 1 is 1.53 bits per heavy atom. The number of nitrogens with one attached hydrogen (secondary N) is 2. The van der Waals surface area contributed by atoms with Crippen molar-refractivity contribution in [2.45, 2.75) is 39.7 Å². The first kappa shape index (κ1) is 13.8. The van der Waals surface area contributed by atoms with Gasteiger partial charge < -0.3 is 16.4 Å². The molecule has 17 heavy (non-hydrogen) atoms. The maximum Gasteiger partial charge on any atom is 0.265 e. The molecule has 0 aliphatic heterocycles. The molecule has 0 bridgehead atoms. The number of rotatable bonds is 6. The Hall–Kier alpha value is -1.30. The lowest BCUT2D eigenvalue weighted by atomic mass is 10.2. The van der Waals surface area contributed by atoms with E-state index < -0.39 is 0 Å². The zero-order chi connectivity index (χ0) is 12.8. The van der Waals surface area contributed by atoms with Crippen LogP contribution in [0.25, 0.3) is 0 Å². The predicted molar refractivity (Wildman–Crippen MR) is 72.5 cm³/mol. The second kappa shape index (κ2) is 6.44. The van der Waals surface area contributed by atoms with E-state index in [1.807, 2.05) is 13.8 Å². The molecule has 1 amide bonds. The third-order valence-corrected chi connectivity index (χ3v) is 3.40. The summed E-state index contributed by atoms with van der Waals surface area (Å²) in [5.41, 5.74) is 5.73. The van der Waals surface area contributed by atoms with Crippen molar-refractivity contribution in [2.75, 3.05) is 17.6 Å². The van der Waals surface area contributed by atoms with Crippen molar-refractivity contribution in [3.8, 4) is 0 Å². The minimum atomic E-state index is -0.140. The summed E-state index contributed by atoms with van der Waals surface area (Å²) >= 11 is 1.30. The molecule has 1 rings (SSSR count). The number of amides is 1. The second-order valence-corrected chi connectivity index (χ2v) is 4.94. The molecule has 1 unspecified atom stereocenters. The standard InChI is InChI=1S/C11H20N4OS/c1-4-6-13-11-15-9(12)8(17-11)10(16)14-7(3)5-2/h7H,4-6,12H2,1-3H3,(H,13,15)(H,14,16). The van der Waals surface area contributed by atoms with Crippen molar-refractivity contribution in [1.82, 2.24) is 10.3 Å². The van der Waals surface area contributed by atoms with Crippen LogP contribution in [0.4, 0.5) is 10.9 Å². The molecule has 0 aliphatic rings. The SMILES string of the molecule is CCCNc1nc(N)c(C(=O)NC(C)CC)s1. The number of nitrogens with two attached hydrogens (primary N) is 1. The molecule has 0 aliphatic carbocycles. The van der Waals surface area contributed by atoms with Gasteiger partial charge in [0.2, 0.25) is 0 Å². The molecule has 0 saturated heterocycles. The van der Waals surface area contributed by atoms with Crippen LogP contribution in [0.1, 0.15) is 43.3 Å². The highest BCUT2D eigenvalue weighted by Gasteiger charge is 2.17. The van der Waals surface area contributed by atoms with Gasteiger partial charge in [-0.1, -0.05) is 25.2 Å². The van der Waals surface area contributed by atoms with E-state index in [0.29, 0.717) is 15.8 Å². The van der Waals surface area contributed by atoms with Crippen LogP contribution < -0.4 is 16.4 Å². The van der Waals surface area contributed by atoms with E-state index in [2.05, 4.69) is 22.5 Å². The molecule has 1 heterocycles. The van der Waals surface area contributed by atoms with Crippen molar-refractivity contribution in [2.24, 2.45) is 0 Å². The van der Waals surface area contributed by atoms with E-state index >= 15 is 0 Å². The number of hydrogen-bond donors (Lipinski definition) is 3. The summed E-state index contributed by atoms with van der Waals surface area (Å²) in [4.78, 5) is 16.5. The Kier molecular flexibility index (Phi) is 5.21. The lowest BCUT2D eigenvalue weighted by molar-refractivity contribution is 0.0944. The van der Waals surface area contributed by atoms with Crippen LogP contribution in [-0.2, 0) is 0 Å². The van der Waals surface area contributed by atoms with Gasteiger partial charge in [0.15, 0.2) is 5.13 Å². The molecule has 0 spiro atoms. The Balaban J connectivity index is 2.69. The molecular weight excluding hydrogens is 236 g/mol. The summed E-state index contributed by atoms with van der Waals surface area (Å²) in [7, 11) is 0. The van der Waals surface area contributed by atoms with E-state index in [1.54, 1.807) is 0 Å². The van der Waals surface area contributed by atoms with Crippen LogP contribution in [0, 0.1) is 0 Å². The number of nitrogen functional groups attached to an aromatic ring is 1. The number of thiazole rings is 1. The van der Waals surface area contributed by atoms with Gasteiger partial charge in [0, 0.05) is 12.6 Å². The number of nitrogens with zero attached hydrogens (tertiary/aromatic N) is 1. The summed E-state index contributed by atoms with van der Waals surface area (Å²) in [6.45, 7) is 6.89. The van der Waals surface area contributed by atoms with Crippen molar-refractivity contribution in [1.29, 1.82) is 0 Å². The van der Waals surface area contributed by atoms with E-state index in [9.17, 15) is 4.79 Å². The number of aromatic nitrogens is 1. The Morgan fingerprint density at radius 2 is 2.24 bits per heavy atom. The first-order chi connectivity index (χ1) is 8.08. The molecule has 96 valence electrons. The molecule has 4 N–H and O–H groups in total. The maximum absolute atomic E-state index is 11.9. The number of carbonyl (C=O) groups excluding carboxylic acids is 1. The van der Waals surface area contributed by atoms with Gasteiger partial charge in [0.1, 0.15) is 10.7 Å². The number of anilines is 2. The van der Waals surface area contributed by atoms with Gasteiger partial charge in [-0.15, -0.1) is 0 Å². The van der Waals surface area contributed by atoms with E-state index in [-0.39, 0.29) is 11.9 Å². The van der Waals surface area contributed by atoms with Crippen molar-refractivity contribution < 1.29 is 4.79 Å². The monoisotopic (exact) mass is 256 g/mol. The summed E-state index contributed by atoms with van der Waals surface area (Å²) in [6.07, 6.45) is 1.90. The lowest BCUT2D eigenvalue weighted by Crippen LogP contribution is -2.31.